The molecule has 0 saturated heterocycles. The second kappa shape index (κ2) is 4.56. The smallest absolute Gasteiger partial charge is 0.123 e. The minimum Gasteiger partial charge on any atom is -0.488 e. The average Bonchev–Trinajstić information content (AvgIpc) is 2.67. The van der Waals surface area contributed by atoms with Gasteiger partial charge in [-0.3, -0.25) is 0 Å². The Labute approximate surface area is 109 Å². The summed E-state index contributed by atoms with van der Waals surface area (Å²) in [6, 6.07) is 8.15. The van der Waals surface area contributed by atoms with Crippen molar-refractivity contribution in [1.82, 2.24) is 5.32 Å². The minimum absolute atomic E-state index is 0.157. The third-order valence-electron chi connectivity index (χ3n) is 4.02. The van der Waals surface area contributed by atoms with Crippen molar-refractivity contribution >= 4 is 0 Å². The molecule has 0 bridgehead atoms. The van der Waals surface area contributed by atoms with E-state index in [9.17, 15) is 5.11 Å². The Morgan fingerprint density at radius 2 is 1.94 bits per heavy atom. The van der Waals surface area contributed by atoms with Crippen LogP contribution in [0.15, 0.2) is 24.3 Å². The summed E-state index contributed by atoms with van der Waals surface area (Å²) in [5.74, 6) is 0.991. The van der Waals surface area contributed by atoms with Crippen LogP contribution in [0.2, 0.25) is 0 Å². The highest BCUT2D eigenvalue weighted by atomic mass is 16.5. The molecule has 1 aromatic carbocycles. The fourth-order valence-corrected chi connectivity index (χ4v) is 1.95. The van der Waals surface area contributed by atoms with Crippen LogP contribution < -0.4 is 10.1 Å². The largest absolute Gasteiger partial charge is 0.488 e. The van der Waals surface area contributed by atoms with Crippen LogP contribution in [0.25, 0.3) is 0 Å². The van der Waals surface area contributed by atoms with Gasteiger partial charge in [0.05, 0.1) is 5.60 Å². The van der Waals surface area contributed by atoms with Gasteiger partial charge in [0.15, 0.2) is 0 Å². The van der Waals surface area contributed by atoms with Crippen molar-refractivity contribution in [1.29, 1.82) is 0 Å². The number of para-hydroxylation sites is 1. The van der Waals surface area contributed by atoms with Crippen molar-refractivity contribution in [2.45, 2.75) is 51.4 Å². The maximum absolute atomic E-state index is 10.1. The lowest BCUT2D eigenvalue weighted by Crippen LogP contribution is -2.57. The Kier molecular flexibility index (Phi) is 3.39. The summed E-state index contributed by atoms with van der Waals surface area (Å²) in [6.07, 6.45) is 1.09. The quantitative estimate of drug-likeness (QED) is 0.859. The molecule has 100 valence electrons. The molecule has 1 aliphatic heterocycles. The van der Waals surface area contributed by atoms with Gasteiger partial charge in [-0.05, 0) is 39.3 Å². The van der Waals surface area contributed by atoms with Gasteiger partial charge in [0.25, 0.3) is 0 Å². The molecule has 0 saturated carbocycles. The van der Waals surface area contributed by atoms with Crippen molar-refractivity contribution in [3.63, 3.8) is 0 Å². The molecule has 0 aromatic heterocycles. The molecule has 1 unspecified atom stereocenters. The topological polar surface area (TPSA) is 41.5 Å². The first-order valence-corrected chi connectivity index (χ1v) is 6.51. The molecule has 3 nitrogen and oxygen atoms in total. The third-order valence-corrected chi connectivity index (χ3v) is 4.02. The van der Waals surface area contributed by atoms with E-state index in [1.54, 1.807) is 0 Å². The Balaban J connectivity index is 1.91. The number of ether oxygens (including phenoxy) is 1. The molecule has 1 aliphatic rings. The number of rotatable bonds is 4. The lowest BCUT2D eigenvalue weighted by molar-refractivity contribution is -0.00789. The molecule has 2 N–H and O–H groups in total. The highest BCUT2D eigenvalue weighted by Crippen LogP contribution is 2.28. The van der Waals surface area contributed by atoms with Gasteiger partial charge in [-0.25, -0.2) is 0 Å². The second-order valence-electron chi connectivity index (χ2n) is 6.12. The zero-order valence-electron chi connectivity index (χ0n) is 11.7. The molecular formula is C15H23NO2. The van der Waals surface area contributed by atoms with Crippen LogP contribution in [-0.4, -0.2) is 28.9 Å². The summed E-state index contributed by atoms with van der Waals surface area (Å²) in [5, 5.41) is 13.5. The average molecular weight is 249 g/mol. The molecule has 0 spiro atoms. The summed E-state index contributed by atoms with van der Waals surface area (Å²) >= 11 is 0. The van der Waals surface area contributed by atoms with Crippen LogP contribution in [-0.2, 0) is 6.42 Å². The van der Waals surface area contributed by atoms with Gasteiger partial charge in [-0.2, -0.15) is 0 Å². The molecule has 3 heteroatoms. The summed E-state index contributed by atoms with van der Waals surface area (Å²) in [5.41, 5.74) is 0.161. The van der Waals surface area contributed by atoms with E-state index < -0.39 is 5.60 Å². The van der Waals surface area contributed by atoms with Crippen molar-refractivity contribution in [3.8, 4) is 5.75 Å². The van der Waals surface area contributed by atoms with Gasteiger partial charge < -0.3 is 15.2 Å². The maximum atomic E-state index is 10.1. The lowest BCUT2D eigenvalue weighted by atomic mass is 9.86. The van der Waals surface area contributed by atoms with E-state index in [0.717, 1.165) is 18.7 Å². The first kappa shape index (κ1) is 13.4. The fourth-order valence-electron chi connectivity index (χ4n) is 1.95. The summed E-state index contributed by atoms with van der Waals surface area (Å²) in [4.78, 5) is 0. The molecule has 18 heavy (non-hydrogen) atoms. The fraction of sp³-hybridized carbons (Fsp3) is 0.600. The number of nitrogens with one attached hydrogen (secondary N) is 1. The third kappa shape index (κ3) is 2.68. The molecule has 1 atom stereocenters. The van der Waals surface area contributed by atoms with E-state index in [-0.39, 0.29) is 11.6 Å². The molecule has 1 aromatic rings. The van der Waals surface area contributed by atoms with E-state index in [1.807, 2.05) is 45.9 Å². The van der Waals surface area contributed by atoms with E-state index in [1.165, 1.54) is 5.56 Å². The SMILES string of the molecule is CC(C)(O)C(C)(C)NCC1Cc2ccccc2O1. The number of hydrogen-bond acceptors (Lipinski definition) is 3. The molecule has 0 amide bonds. The van der Waals surface area contributed by atoms with Crippen LogP contribution in [0.1, 0.15) is 33.3 Å². The molecule has 0 radical (unpaired) electrons. The zero-order chi connectivity index (χ0) is 13.4. The number of hydrogen-bond donors (Lipinski definition) is 2. The predicted octanol–water partition coefficient (Wildman–Crippen LogP) is 2.13. The second-order valence-corrected chi connectivity index (χ2v) is 6.12. The minimum atomic E-state index is -0.765. The van der Waals surface area contributed by atoms with E-state index in [4.69, 9.17) is 4.74 Å². The van der Waals surface area contributed by atoms with Crippen LogP contribution in [0.4, 0.5) is 0 Å². The van der Waals surface area contributed by atoms with Gasteiger partial charge >= 0.3 is 0 Å². The van der Waals surface area contributed by atoms with E-state index in [0.29, 0.717) is 0 Å². The van der Waals surface area contributed by atoms with Gasteiger partial charge in [0.1, 0.15) is 11.9 Å². The first-order chi connectivity index (χ1) is 8.29. The first-order valence-electron chi connectivity index (χ1n) is 6.51. The van der Waals surface area contributed by atoms with Crippen LogP contribution in [0.3, 0.4) is 0 Å². The van der Waals surface area contributed by atoms with Crippen LogP contribution >= 0.6 is 0 Å². The highest BCUT2D eigenvalue weighted by molar-refractivity contribution is 5.37. The lowest BCUT2D eigenvalue weighted by Gasteiger charge is -2.38. The van der Waals surface area contributed by atoms with Crippen molar-refractivity contribution in [2.75, 3.05) is 6.54 Å². The molecule has 2 rings (SSSR count). The van der Waals surface area contributed by atoms with Crippen molar-refractivity contribution in [2.24, 2.45) is 0 Å². The number of benzene rings is 1. The Morgan fingerprint density at radius 1 is 1.28 bits per heavy atom. The Bertz CT molecular complexity index is 396. The van der Waals surface area contributed by atoms with Crippen molar-refractivity contribution in [3.05, 3.63) is 29.8 Å². The molecule has 1 heterocycles. The number of aliphatic hydroxyl groups is 1. The van der Waals surface area contributed by atoms with Gasteiger partial charge in [0, 0.05) is 18.5 Å². The summed E-state index contributed by atoms with van der Waals surface area (Å²) < 4.78 is 5.87. The highest BCUT2D eigenvalue weighted by Gasteiger charge is 2.35. The van der Waals surface area contributed by atoms with Gasteiger partial charge in [-0.1, -0.05) is 18.2 Å². The molecule has 0 fully saturated rings. The normalized spacial score (nSPS) is 19.5. The van der Waals surface area contributed by atoms with E-state index in [2.05, 4.69) is 11.4 Å². The molecule has 0 aliphatic carbocycles. The van der Waals surface area contributed by atoms with Crippen LogP contribution in [0, 0.1) is 0 Å². The maximum Gasteiger partial charge on any atom is 0.123 e. The summed E-state index contributed by atoms with van der Waals surface area (Å²) in [7, 11) is 0. The zero-order valence-corrected chi connectivity index (χ0v) is 11.7. The molecular weight excluding hydrogens is 226 g/mol. The van der Waals surface area contributed by atoms with Crippen molar-refractivity contribution < 1.29 is 9.84 Å². The van der Waals surface area contributed by atoms with Gasteiger partial charge in [-0.15, -0.1) is 0 Å². The standard InChI is InChI=1S/C15H23NO2/c1-14(2,15(3,4)17)16-10-12-9-11-7-5-6-8-13(11)18-12/h5-8,12,16-17H,9-10H2,1-4H3. The van der Waals surface area contributed by atoms with E-state index >= 15 is 0 Å². The number of fused-ring (bicyclic) bond motifs is 1. The van der Waals surface area contributed by atoms with Crippen LogP contribution in [0.5, 0.6) is 5.75 Å². The van der Waals surface area contributed by atoms with Gasteiger partial charge in [0.2, 0.25) is 0 Å². The summed E-state index contributed by atoms with van der Waals surface area (Å²) in [6.45, 7) is 8.41. The Hall–Kier alpha value is -1.06. The Morgan fingerprint density at radius 3 is 2.56 bits per heavy atom. The monoisotopic (exact) mass is 249 g/mol. The predicted molar refractivity (Wildman–Crippen MR) is 72.9 cm³/mol.